The van der Waals surface area contributed by atoms with Gasteiger partial charge >= 0.3 is 0 Å². The molecule has 2 aliphatic heterocycles. The lowest BCUT2D eigenvalue weighted by Crippen LogP contribution is -2.90. The summed E-state index contributed by atoms with van der Waals surface area (Å²) in [5.74, 6) is 0. The van der Waals surface area contributed by atoms with Crippen molar-refractivity contribution < 1.29 is 36.5 Å². The third-order valence-corrected chi connectivity index (χ3v) is 7.99. The number of hydrogen-bond acceptors (Lipinski definition) is 8. The molecule has 4 rings (SSSR count). The Balaban J connectivity index is 0.000000221. The first-order valence-corrected chi connectivity index (χ1v) is 18.5. The molecule has 0 spiro atoms. The molecule has 2 aromatic rings. The summed E-state index contributed by atoms with van der Waals surface area (Å²) < 4.78 is 50.2. The largest absolute Gasteiger partial charge is 0.748 e. The highest BCUT2D eigenvalue weighted by molar-refractivity contribution is 8.27. The molecule has 0 saturated heterocycles. The van der Waals surface area contributed by atoms with Crippen molar-refractivity contribution in [2.24, 2.45) is 0 Å². The van der Waals surface area contributed by atoms with Gasteiger partial charge in [-0.3, -0.25) is 8.37 Å². The van der Waals surface area contributed by atoms with Gasteiger partial charge in [-0.1, -0.05) is 37.1 Å². The van der Waals surface area contributed by atoms with E-state index in [0.717, 1.165) is 0 Å². The van der Waals surface area contributed by atoms with E-state index in [0.29, 0.717) is 25.7 Å². The van der Waals surface area contributed by atoms with Gasteiger partial charge in [0.05, 0.1) is 31.3 Å². The second kappa shape index (κ2) is 15.9. The van der Waals surface area contributed by atoms with E-state index in [1.54, 1.807) is 0 Å². The monoisotopic (exact) mass is 656 g/mol. The van der Waals surface area contributed by atoms with Crippen molar-refractivity contribution in [3.63, 3.8) is 0 Å². The maximum absolute atomic E-state index is 10.4. The highest BCUT2D eigenvalue weighted by Gasteiger charge is 2.27. The second-order valence-corrected chi connectivity index (χ2v) is 16.2. The molecule has 8 nitrogen and oxygen atoms in total. The number of hydrogen-bond donors (Lipinski definition) is 2. The van der Waals surface area contributed by atoms with Crippen molar-refractivity contribution in [1.29, 1.82) is 0 Å². The summed E-state index contributed by atoms with van der Waals surface area (Å²) in [7, 11) is -7.55. The molecule has 0 amide bonds. The molecule has 0 aliphatic carbocycles. The SMILES string of the molecule is CC1=CC(C)(C)[NH2+]c2ccccc21.CC1=CC(C)(C)[NH2+]c2ccccc21.O=S([O-])(=S)OCCCCCCOS(=O)([O-])=S. The lowest BCUT2D eigenvalue weighted by Gasteiger charge is -2.26. The van der Waals surface area contributed by atoms with Gasteiger partial charge in [-0.25, -0.2) is 8.42 Å². The zero-order valence-corrected chi connectivity index (χ0v) is 28.5. The van der Waals surface area contributed by atoms with E-state index < -0.39 is 18.1 Å². The standard InChI is InChI=1S/2C12H15N.C6H14O6S4/c2*1-9-8-12(2,3)13-11-7-5-4-6-10(9)11;7-15(8,13)11-5-3-1-2-4-6-12-16(9,10)14/h2*4-8,13H,1-3H3;1-6H2,(H,7,8,13)(H,9,10,14). The van der Waals surface area contributed by atoms with Crippen LogP contribution in [0.3, 0.4) is 0 Å². The Morgan fingerprint density at radius 3 is 1.33 bits per heavy atom. The van der Waals surface area contributed by atoms with Crippen molar-refractivity contribution in [3.8, 4) is 0 Å². The molecule has 234 valence electrons. The van der Waals surface area contributed by atoms with Gasteiger partial charge < -0.3 is 19.7 Å². The topological polar surface area (TPSA) is 132 Å². The molecule has 42 heavy (non-hydrogen) atoms. The summed E-state index contributed by atoms with van der Waals surface area (Å²) in [6.45, 7) is 13.4. The Kier molecular flexibility index (Phi) is 13.9. The number of allylic oxidation sites excluding steroid dienone is 2. The molecule has 2 heterocycles. The van der Waals surface area contributed by atoms with E-state index >= 15 is 0 Å². The minimum absolute atomic E-state index is 0.0476. The lowest BCUT2D eigenvalue weighted by atomic mass is 9.91. The maximum atomic E-state index is 10.4. The summed E-state index contributed by atoms with van der Waals surface area (Å²) in [6.07, 6.45) is 7.13. The van der Waals surface area contributed by atoms with E-state index in [4.69, 9.17) is 0 Å². The van der Waals surface area contributed by atoms with E-state index in [-0.39, 0.29) is 24.3 Å². The van der Waals surface area contributed by atoms with Gasteiger partial charge in [0.25, 0.3) is 0 Å². The predicted molar refractivity (Wildman–Crippen MR) is 174 cm³/mol. The molecule has 0 saturated carbocycles. The van der Waals surface area contributed by atoms with Crippen molar-refractivity contribution in [2.45, 2.75) is 78.3 Å². The summed E-state index contributed by atoms with van der Waals surface area (Å²) >= 11 is 7.99. The summed E-state index contributed by atoms with van der Waals surface area (Å²) in [5.41, 5.74) is 8.69. The van der Waals surface area contributed by atoms with Crippen LogP contribution in [0.4, 0.5) is 11.4 Å². The average molecular weight is 657 g/mol. The molecule has 4 N–H and O–H groups in total. The summed E-state index contributed by atoms with van der Waals surface area (Å²) in [5, 5.41) is 4.66. The van der Waals surface area contributed by atoms with Gasteiger partial charge in [0.15, 0.2) is 0 Å². The number of benzene rings is 2. The van der Waals surface area contributed by atoms with Gasteiger partial charge in [0, 0.05) is 11.1 Å². The fraction of sp³-hybridized carbons (Fsp3) is 0.467. The Bertz CT molecular complexity index is 1350. The zero-order valence-electron chi connectivity index (χ0n) is 25.3. The smallest absolute Gasteiger partial charge is 0.137 e. The summed E-state index contributed by atoms with van der Waals surface area (Å²) in [6, 6.07) is 17.2. The number of para-hydroxylation sites is 2. The van der Waals surface area contributed by atoms with Crippen LogP contribution in [-0.4, -0.2) is 41.8 Å². The third-order valence-electron chi connectivity index (χ3n) is 6.50. The number of quaternary nitrogens is 2. The molecule has 2 aromatic carbocycles. The Hall–Kier alpha value is -1.58. The Morgan fingerprint density at radius 2 is 1.00 bits per heavy atom. The van der Waals surface area contributed by atoms with E-state index in [9.17, 15) is 17.5 Å². The molecule has 0 bridgehead atoms. The van der Waals surface area contributed by atoms with Crippen LogP contribution in [0.15, 0.2) is 60.7 Å². The first-order chi connectivity index (χ1) is 19.4. The van der Waals surface area contributed by atoms with Crippen molar-refractivity contribution in [3.05, 3.63) is 71.8 Å². The van der Waals surface area contributed by atoms with Gasteiger partial charge in [-0.05, 0) is 124 Å². The first kappa shape index (κ1) is 36.6. The lowest BCUT2D eigenvalue weighted by molar-refractivity contribution is -0.634. The zero-order chi connectivity index (χ0) is 31.6. The van der Waals surface area contributed by atoms with E-state index in [1.165, 1.54) is 33.6 Å². The Morgan fingerprint density at radius 1 is 0.667 bits per heavy atom. The highest BCUT2D eigenvalue weighted by atomic mass is 32.9. The molecular formula is C30H44N2O6S4. The average Bonchev–Trinajstić information content (AvgIpc) is 2.84. The van der Waals surface area contributed by atoms with Gasteiger partial charge in [0.1, 0.15) is 22.5 Å². The van der Waals surface area contributed by atoms with Gasteiger partial charge in [-0.15, -0.1) is 0 Å². The van der Waals surface area contributed by atoms with Crippen LogP contribution in [0.5, 0.6) is 0 Å². The molecule has 2 unspecified atom stereocenters. The minimum atomic E-state index is -3.78. The van der Waals surface area contributed by atoms with Crippen LogP contribution in [0.25, 0.3) is 11.1 Å². The highest BCUT2D eigenvalue weighted by Crippen LogP contribution is 2.27. The van der Waals surface area contributed by atoms with Crippen LogP contribution in [0, 0.1) is 0 Å². The first-order valence-electron chi connectivity index (χ1n) is 13.9. The molecule has 0 radical (unpaired) electrons. The van der Waals surface area contributed by atoms with Crippen molar-refractivity contribution in [2.75, 3.05) is 13.2 Å². The van der Waals surface area contributed by atoms with Crippen LogP contribution in [0.1, 0.15) is 78.4 Å². The molecule has 12 heteroatoms. The quantitative estimate of drug-likeness (QED) is 0.302. The molecule has 2 atom stereocenters. The van der Waals surface area contributed by atoms with Crippen LogP contribution in [0.2, 0.25) is 0 Å². The fourth-order valence-corrected chi connectivity index (χ4v) is 6.05. The van der Waals surface area contributed by atoms with Crippen molar-refractivity contribution in [1.82, 2.24) is 0 Å². The molecule has 0 fully saturated rings. The van der Waals surface area contributed by atoms with E-state index in [2.05, 4.69) is 144 Å². The Labute approximate surface area is 261 Å². The molecule has 0 aromatic heterocycles. The minimum Gasteiger partial charge on any atom is -0.748 e. The third kappa shape index (κ3) is 14.3. The number of unbranched alkanes of at least 4 members (excludes halogenated alkanes) is 3. The molecular weight excluding hydrogens is 613 g/mol. The second-order valence-electron chi connectivity index (χ2n) is 11.6. The van der Waals surface area contributed by atoms with Gasteiger partial charge in [-0.2, -0.15) is 0 Å². The number of nitrogens with two attached hydrogens (primary N) is 2. The summed E-state index contributed by atoms with van der Waals surface area (Å²) in [4.78, 5) is 0. The predicted octanol–water partition coefficient (Wildman–Crippen LogP) is 4.32. The molecule has 2 aliphatic rings. The van der Waals surface area contributed by atoms with Crippen molar-refractivity contribution >= 4 is 63.0 Å². The normalized spacial score (nSPS) is 19.0. The number of rotatable bonds is 9. The van der Waals surface area contributed by atoms with Crippen LogP contribution in [-0.2, 0) is 48.8 Å². The van der Waals surface area contributed by atoms with E-state index in [1.807, 2.05) is 0 Å². The fourth-order valence-electron chi connectivity index (χ4n) is 5.00. The number of fused-ring (bicyclic) bond motifs is 2. The van der Waals surface area contributed by atoms with Crippen LogP contribution < -0.4 is 10.6 Å². The maximum Gasteiger partial charge on any atom is 0.137 e. The van der Waals surface area contributed by atoms with Gasteiger partial charge in [0.2, 0.25) is 0 Å². The van der Waals surface area contributed by atoms with Crippen LogP contribution >= 0.6 is 0 Å².